The van der Waals surface area contributed by atoms with Crippen molar-refractivity contribution < 1.29 is 18.0 Å². The van der Waals surface area contributed by atoms with Crippen LogP contribution in [0.5, 0.6) is 0 Å². The fourth-order valence-corrected chi connectivity index (χ4v) is 2.13. The van der Waals surface area contributed by atoms with Gasteiger partial charge in [-0.25, -0.2) is 0 Å². The summed E-state index contributed by atoms with van der Waals surface area (Å²) in [7, 11) is 0. The van der Waals surface area contributed by atoms with Crippen molar-refractivity contribution in [2.45, 2.75) is 19.6 Å². The molecule has 0 aliphatic heterocycles. The van der Waals surface area contributed by atoms with E-state index >= 15 is 0 Å². The number of amides is 1. The molecule has 2 N–H and O–H groups in total. The van der Waals surface area contributed by atoms with Gasteiger partial charge in [0.2, 0.25) is 5.91 Å². The zero-order valence-electron chi connectivity index (χ0n) is 12.7. The maximum atomic E-state index is 12.7. The van der Waals surface area contributed by atoms with Gasteiger partial charge in [0.1, 0.15) is 6.07 Å². The van der Waals surface area contributed by atoms with Gasteiger partial charge < -0.3 is 10.6 Å². The first-order chi connectivity index (χ1) is 11.3. The summed E-state index contributed by atoms with van der Waals surface area (Å²) < 4.78 is 38.0. The zero-order chi connectivity index (χ0) is 17.7. The predicted molar refractivity (Wildman–Crippen MR) is 84.2 cm³/mol. The average Bonchev–Trinajstić information content (AvgIpc) is 2.51. The molecule has 0 radical (unpaired) electrons. The van der Waals surface area contributed by atoms with Gasteiger partial charge in [0.25, 0.3) is 0 Å². The Morgan fingerprint density at radius 1 is 1.21 bits per heavy atom. The number of alkyl halides is 3. The molecule has 4 nitrogen and oxygen atoms in total. The van der Waals surface area contributed by atoms with Gasteiger partial charge in [-0.3, -0.25) is 4.79 Å². The van der Waals surface area contributed by atoms with Crippen LogP contribution in [0, 0.1) is 11.3 Å². The molecule has 0 unspecified atom stereocenters. The molecule has 0 saturated heterocycles. The second-order valence-electron chi connectivity index (χ2n) is 5.11. The normalized spacial score (nSPS) is 10.8. The second-order valence-corrected chi connectivity index (χ2v) is 5.11. The Hall–Kier alpha value is -3.01. The van der Waals surface area contributed by atoms with E-state index in [1.54, 1.807) is 30.3 Å². The molecule has 0 heterocycles. The highest BCUT2D eigenvalue weighted by atomic mass is 19.4. The van der Waals surface area contributed by atoms with E-state index in [4.69, 9.17) is 5.26 Å². The SMILES string of the molecule is CC(=O)Nc1cccc(CNc2ccc(C(F)(F)F)cc2C#N)c1. The minimum atomic E-state index is -4.49. The van der Waals surface area contributed by atoms with Gasteiger partial charge in [-0.05, 0) is 35.9 Å². The molecule has 1 amide bonds. The number of anilines is 2. The average molecular weight is 333 g/mol. The molecular formula is C17H14F3N3O. The third-order valence-corrected chi connectivity index (χ3v) is 3.20. The summed E-state index contributed by atoms with van der Waals surface area (Å²) >= 11 is 0. The van der Waals surface area contributed by atoms with Crippen LogP contribution in [-0.4, -0.2) is 5.91 Å². The lowest BCUT2D eigenvalue weighted by molar-refractivity contribution is -0.137. The van der Waals surface area contributed by atoms with Crippen LogP contribution >= 0.6 is 0 Å². The molecule has 0 aliphatic rings. The summed E-state index contributed by atoms with van der Waals surface area (Å²) in [6, 6.07) is 11.8. The van der Waals surface area contributed by atoms with Gasteiger partial charge in [-0.2, -0.15) is 18.4 Å². The van der Waals surface area contributed by atoms with Gasteiger partial charge in [0.05, 0.1) is 16.8 Å². The van der Waals surface area contributed by atoms with Gasteiger partial charge in [0, 0.05) is 19.2 Å². The number of nitriles is 1. The van der Waals surface area contributed by atoms with E-state index in [-0.39, 0.29) is 11.5 Å². The number of benzene rings is 2. The van der Waals surface area contributed by atoms with Gasteiger partial charge in [-0.15, -0.1) is 0 Å². The van der Waals surface area contributed by atoms with Crippen molar-refractivity contribution in [3.05, 3.63) is 59.2 Å². The molecular weight excluding hydrogens is 319 g/mol. The number of hydrogen-bond acceptors (Lipinski definition) is 3. The van der Waals surface area contributed by atoms with E-state index in [2.05, 4.69) is 10.6 Å². The zero-order valence-corrected chi connectivity index (χ0v) is 12.7. The molecule has 7 heteroatoms. The Morgan fingerprint density at radius 2 is 1.96 bits per heavy atom. The molecule has 0 aliphatic carbocycles. The fraction of sp³-hybridized carbons (Fsp3) is 0.176. The van der Waals surface area contributed by atoms with E-state index in [0.29, 0.717) is 17.9 Å². The Kier molecular flexibility index (Phi) is 5.09. The number of hydrogen-bond donors (Lipinski definition) is 2. The third kappa shape index (κ3) is 4.49. The van der Waals surface area contributed by atoms with Crippen molar-refractivity contribution in [1.29, 1.82) is 5.26 Å². The Balaban J connectivity index is 2.15. The molecule has 0 atom stereocenters. The Bertz CT molecular complexity index is 794. The van der Waals surface area contributed by atoms with E-state index in [9.17, 15) is 18.0 Å². The van der Waals surface area contributed by atoms with Crippen LogP contribution in [0.15, 0.2) is 42.5 Å². The predicted octanol–water partition coefficient (Wildman–Crippen LogP) is 4.15. The molecule has 0 bridgehead atoms. The quantitative estimate of drug-likeness (QED) is 0.883. The van der Waals surface area contributed by atoms with Gasteiger partial charge >= 0.3 is 6.18 Å². The first-order valence-electron chi connectivity index (χ1n) is 7.01. The maximum absolute atomic E-state index is 12.7. The Morgan fingerprint density at radius 3 is 2.58 bits per heavy atom. The van der Waals surface area contributed by atoms with Crippen molar-refractivity contribution in [2.75, 3.05) is 10.6 Å². The molecule has 0 fully saturated rings. The lowest BCUT2D eigenvalue weighted by Crippen LogP contribution is -2.08. The van der Waals surface area contributed by atoms with Crippen LogP contribution in [0.25, 0.3) is 0 Å². The van der Waals surface area contributed by atoms with E-state index in [0.717, 1.165) is 17.7 Å². The van der Waals surface area contributed by atoms with E-state index in [1.165, 1.54) is 13.0 Å². The Labute approximate surface area is 136 Å². The number of nitrogens with one attached hydrogen (secondary N) is 2. The second kappa shape index (κ2) is 7.04. The summed E-state index contributed by atoms with van der Waals surface area (Å²) in [5.74, 6) is -0.199. The molecule has 0 aromatic heterocycles. The summed E-state index contributed by atoms with van der Waals surface area (Å²) in [4.78, 5) is 11.0. The van der Waals surface area contributed by atoms with Crippen molar-refractivity contribution in [3.63, 3.8) is 0 Å². The van der Waals surface area contributed by atoms with Crippen LogP contribution in [0.1, 0.15) is 23.6 Å². The molecule has 124 valence electrons. The number of carbonyl (C=O) groups excluding carboxylic acids is 1. The summed E-state index contributed by atoms with van der Waals surface area (Å²) in [6.07, 6.45) is -4.49. The number of carbonyl (C=O) groups is 1. The van der Waals surface area contributed by atoms with Crippen LogP contribution in [-0.2, 0) is 17.5 Å². The summed E-state index contributed by atoms with van der Waals surface area (Å²) in [6.45, 7) is 1.69. The van der Waals surface area contributed by atoms with Crippen LogP contribution in [0.4, 0.5) is 24.5 Å². The highest BCUT2D eigenvalue weighted by molar-refractivity contribution is 5.88. The van der Waals surface area contributed by atoms with Crippen molar-refractivity contribution in [3.8, 4) is 6.07 Å². The first kappa shape index (κ1) is 17.3. The van der Waals surface area contributed by atoms with Crippen molar-refractivity contribution in [1.82, 2.24) is 0 Å². The first-order valence-corrected chi connectivity index (χ1v) is 7.01. The monoisotopic (exact) mass is 333 g/mol. The van der Waals surface area contributed by atoms with Crippen molar-refractivity contribution in [2.24, 2.45) is 0 Å². The van der Waals surface area contributed by atoms with E-state index < -0.39 is 11.7 Å². The van der Waals surface area contributed by atoms with Crippen LogP contribution in [0.3, 0.4) is 0 Å². The maximum Gasteiger partial charge on any atom is 0.416 e. The highest BCUT2D eigenvalue weighted by Crippen LogP contribution is 2.31. The highest BCUT2D eigenvalue weighted by Gasteiger charge is 2.31. The molecule has 0 spiro atoms. The summed E-state index contributed by atoms with van der Waals surface area (Å²) in [5.41, 5.74) is 0.801. The minimum Gasteiger partial charge on any atom is -0.380 e. The fourth-order valence-electron chi connectivity index (χ4n) is 2.13. The molecule has 2 aromatic carbocycles. The van der Waals surface area contributed by atoms with E-state index in [1.807, 2.05) is 0 Å². The number of rotatable bonds is 4. The molecule has 2 aromatic rings. The standard InChI is InChI=1S/C17H14F3N3O/c1-11(24)23-15-4-2-3-12(7-15)10-22-16-6-5-14(17(18,19)20)8-13(16)9-21/h2-8,22H,10H2,1H3,(H,23,24). The molecule has 2 rings (SSSR count). The minimum absolute atomic E-state index is 0.0807. The summed E-state index contributed by atoms with van der Waals surface area (Å²) in [5, 5.41) is 14.6. The van der Waals surface area contributed by atoms with Crippen LogP contribution in [0.2, 0.25) is 0 Å². The molecule has 0 saturated carbocycles. The number of halogens is 3. The van der Waals surface area contributed by atoms with Gasteiger partial charge in [0.15, 0.2) is 0 Å². The molecule has 24 heavy (non-hydrogen) atoms. The smallest absolute Gasteiger partial charge is 0.380 e. The lowest BCUT2D eigenvalue weighted by atomic mass is 10.1. The van der Waals surface area contributed by atoms with Gasteiger partial charge in [-0.1, -0.05) is 12.1 Å². The largest absolute Gasteiger partial charge is 0.416 e. The van der Waals surface area contributed by atoms with Crippen LogP contribution < -0.4 is 10.6 Å². The number of nitrogens with zero attached hydrogens (tertiary/aromatic N) is 1. The van der Waals surface area contributed by atoms with Crippen molar-refractivity contribution >= 4 is 17.3 Å². The topological polar surface area (TPSA) is 64.9 Å². The third-order valence-electron chi connectivity index (χ3n) is 3.20. The lowest BCUT2D eigenvalue weighted by Gasteiger charge is -2.12.